The summed E-state index contributed by atoms with van der Waals surface area (Å²) in [6.07, 6.45) is 0.990. The van der Waals surface area contributed by atoms with Crippen molar-refractivity contribution < 1.29 is 4.79 Å². The summed E-state index contributed by atoms with van der Waals surface area (Å²) in [7, 11) is 0. The Morgan fingerprint density at radius 2 is 1.91 bits per heavy atom. The predicted octanol–water partition coefficient (Wildman–Crippen LogP) is 7.19. The zero-order valence-electron chi connectivity index (χ0n) is 18.6. The van der Waals surface area contributed by atoms with Gasteiger partial charge in [-0.1, -0.05) is 26.0 Å². The van der Waals surface area contributed by atoms with Crippen LogP contribution in [-0.2, 0) is 13.0 Å². The number of benzene rings is 2. The zero-order valence-corrected chi connectivity index (χ0v) is 21.9. The fourth-order valence-electron chi connectivity index (χ4n) is 4.06. The van der Waals surface area contributed by atoms with Gasteiger partial charge in [-0.25, -0.2) is 4.98 Å². The van der Waals surface area contributed by atoms with Crippen LogP contribution in [0.4, 0.5) is 5.00 Å². The molecular formula is C25H26ClN3OS3. The summed E-state index contributed by atoms with van der Waals surface area (Å²) in [5.41, 5.74) is 4.17. The molecule has 1 aliphatic rings. The van der Waals surface area contributed by atoms with Gasteiger partial charge in [0, 0.05) is 34.0 Å². The lowest BCUT2D eigenvalue weighted by Crippen LogP contribution is -2.29. The maximum Gasteiger partial charge on any atom is 0.256 e. The molecule has 4 aromatic rings. The van der Waals surface area contributed by atoms with Crippen LogP contribution in [0.3, 0.4) is 0 Å². The second-order valence-corrected chi connectivity index (χ2v) is 11.2. The molecule has 4 nitrogen and oxygen atoms in total. The zero-order chi connectivity index (χ0) is 22.1. The molecule has 33 heavy (non-hydrogen) atoms. The number of amides is 1. The summed E-state index contributed by atoms with van der Waals surface area (Å²) in [5, 5.41) is 5.15. The summed E-state index contributed by atoms with van der Waals surface area (Å²) in [4.78, 5) is 23.1. The molecular weight excluding hydrogens is 490 g/mol. The van der Waals surface area contributed by atoms with Gasteiger partial charge in [-0.15, -0.1) is 46.8 Å². The smallest absolute Gasteiger partial charge is 0.256 e. The third-order valence-electron chi connectivity index (χ3n) is 5.75. The number of hydrogen-bond acceptors (Lipinski definition) is 6. The highest BCUT2D eigenvalue weighted by atomic mass is 35.5. The summed E-state index contributed by atoms with van der Waals surface area (Å²) < 4.78 is 1.18. The van der Waals surface area contributed by atoms with E-state index in [9.17, 15) is 4.79 Å². The number of thioether (sulfide) groups is 1. The Labute approximate surface area is 212 Å². The molecule has 0 saturated heterocycles. The number of nitrogens with zero attached hydrogens (tertiary/aromatic N) is 2. The maximum absolute atomic E-state index is 13.1. The topological polar surface area (TPSA) is 45.2 Å². The number of likely N-dealkylation sites (N-methyl/N-ethyl adjacent to an activating group) is 1. The molecule has 1 amide bonds. The number of carbonyl (C=O) groups excluding carboxylic acids is 1. The van der Waals surface area contributed by atoms with Crippen molar-refractivity contribution in [3.63, 3.8) is 0 Å². The number of para-hydroxylation sites is 1. The van der Waals surface area contributed by atoms with E-state index in [1.165, 1.54) is 20.0 Å². The molecule has 2 aromatic heterocycles. The number of halogens is 1. The first-order chi connectivity index (χ1) is 15.7. The Morgan fingerprint density at radius 3 is 2.64 bits per heavy atom. The third-order valence-corrected chi connectivity index (χ3v) is 8.83. The van der Waals surface area contributed by atoms with Gasteiger partial charge in [0.05, 0.1) is 10.2 Å². The van der Waals surface area contributed by atoms with Gasteiger partial charge in [-0.2, -0.15) is 0 Å². The monoisotopic (exact) mass is 515 g/mol. The Kier molecular flexibility index (Phi) is 7.76. The highest BCUT2D eigenvalue weighted by Gasteiger charge is 2.27. The van der Waals surface area contributed by atoms with E-state index in [1.54, 1.807) is 34.4 Å². The van der Waals surface area contributed by atoms with Crippen molar-refractivity contribution in [3.8, 4) is 10.6 Å². The van der Waals surface area contributed by atoms with Crippen LogP contribution in [0.15, 0.2) is 53.4 Å². The van der Waals surface area contributed by atoms with Crippen molar-refractivity contribution in [2.75, 3.05) is 24.2 Å². The largest absolute Gasteiger partial charge is 0.313 e. The van der Waals surface area contributed by atoms with Gasteiger partial charge in [0.1, 0.15) is 10.0 Å². The van der Waals surface area contributed by atoms with Gasteiger partial charge in [0.25, 0.3) is 5.91 Å². The number of thiophene rings is 1. The van der Waals surface area contributed by atoms with Crippen LogP contribution in [-0.4, -0.2) is 34.6 Å². The number of anilines is 1. The third kappa shape index (κ3) is 4.98. The highest BCUT2D eigenvalue weighted by Crippen LogP contribution is 2.45. The molecule has 0 fully saturated rings. The van der Waals surface area contributed by atoms with E-state index in [-0.39, 0.29) is 18.3 Å². The molecule has 0 aliphatic carbocycles. The van der Waals surface area contributed by atoms with Crippen LogP contribution in [0.2, 0.25) is 0 Å². The van der Waals surface area contributed by atoms with Crippen LogP contribution in [0.25, 0.3) is 20.8 Å². The van der Waals surface area contributed by atoms with E-state index >= 15 is 0 Å². The van der Waals surface area contributed by atoms with Crippen molar-refractivity contribution in [1.29, 1.82) is 0 Å². The average molecular weight is 516 g/mol. The maximum atomic E-state index is 13.1. The number of hydrogen-bond donors (Lipinski definition) is 1. The second-order valence-electron chi connectivity index (χ2n) is 7.72. The number of thiazole rings is 1. The molecule has 0 unspecified atom stereocenters. The van der Waals surface area contributed by atoms with Gasteiger partial charge >= 0.3 is 0 Å². The minimum atomic E-state index is -0.0636. The Balaban J connectivity index is 0.00000259. The molecule has 1 aliphatic heterocycles. The normalized spacial score (nSPS) is 13.5. The lowest BCUT2D eigenvalue weighted by molar-refractivity contribution is 0.102. The van der Waals surface area contributed by atoms with Gasteiger partial charge in [0.2, 0.25) is 0 Å². The molecule has 5 rings (SSSR count). The molecule has 172 valence electrons. The number of rotatable bonds is 6. The first kappa shape index (κ1) is 24.2. The van der Waals surface area contributed by atoms with E-state index < -0.39 is 0 Å². The van der Waals surface area contributed by atoms with Gasteiger partial charge < -0.3 is 5.32 Å². The SMILES string of the molecule is CCSc1ccc(C(=O)Nc2sc3c(c2-c2nc4ccccc4s2)CCN(CC)C3)cc1.Cl. The quantitative estimate of drug-likeness (QED) is 0.276. The summed E-state index contributed by atoms with van der Waals surface area (Å²) in [6, 6.07) is 16.1. The Morgan fingerprint density at radius 1 is 1.12 bits per heavy atom. The van der Waals surface area contributed by atoms with E-state index in [2.05, 4.69) is 42.3 Å². The molecule has 1 N–H and O–H groups in total. The highest BCUT2D eigenvalue weighted by molar-refractivity contribution is 7.99. The van der Waals surface area contributed by atoms with Gasteiger partial charge in [0.15, 0.2) is 0 Å². The minimum absolute atomic E-state index is 0. The average Bonchev–Trinajstić information content (AvgIpc) is 3.39. The number of fused-ring (bicyclic) bond motifs is 2. The number of carbonyl (C=O) groups is 1. The molecule has 0 radical (unpaired) electrons. The van der Waals surface area contributed by atoms with Crippen LogP contribution in [0.1, 0.15) is 34.6 Å². The Bertz CT molecular complexity index is 1230. The van der Waals surface area contributed by atoms with Crippen molar-refractivity contribution in [2.24, 2.45) is 0 Å². The van der Waals surface area contributed by atoms with E-state index in [4.69, 9.17) is 4.98 Å². The van der Waals surface area contributed by atoms with Crippen LogP contribution >= 0.6 is 46.8 Å². The fraction of sp³-hybridized carbons (Fsp3) is 0.280. The number of nitrogens with one attached hydrogen (secondary N) is 1. The molecule has 0 atom stereocenters. The summed E-state index contributed by atoms with van der Waals surface area (Å²) >= 11 is 5.20. The molecule has 0 saturated carbocycles. The molecule has 8 heteroatoms. The standard InChI is InChI=1S/C25H25N3OS3.ClH/c1-3-28-14-13-18-21(15-28)32-25(22(18)24-26-19-7-5-6-8-20(19)31-24)27-23(29)16-9-11-17(12-10-16)30-4-2;/h5-12H,3-4,13-15H2,1-2H3,(H,27,29);1H. The van der Waals surface area contributed by atoms with E-state index in [0.717, 1.165) is 52.9 Å². The van der Waals surface area contributed by atoms with Gasteiger partial charge in [-0.05, 0) is 60.7 Å². The van der Waals surface area contributed by atoms with Crippen LogP contribution in [0.5, 0.6) is 0 Å². The van der Waals surface area contributed by atoms with Crippen molar-refractivity contribution in [3.05, 3.63) is 64.5 Å². The molecule has 3 heterocycles. The van der Waals surface area contributed by atoms with Crippen molar-refractivity contribution in [2.45, 2.75) is 31.7 Å². The van der Waals surface area contributed by atoms with E-state index in [1.807, 2.05) is 30.3 Å². The van der Waals surface area contributed by atoms with Crippen molar-refractivity contribution in [1.82, 2.24) is 9.88 Å². The second kappa shape index (κ2) is 10.6. The molecule has 0 bridgehead atoms. The minimum Gasteiger partial charge on any atom is -0.313 e. The molecule has 2 aromatic carbocycles. The predicted molar refractivity (Wildman–Crippen MR) is 146 cm³/mol. The van der Waals surface area contributed by atoms with Crippen LogP contribution < -0.4 is 5.32 Å². The summed E-state index contributed by atoms with van der Waals surface area (Å²) in [6.45, 7) is 7.36. The first-order valence-corrected chi connectivity index (χ1v) is 13.5. The van der Waals surface area contributed by atoms with Crippen LogP contribution in [0, 0.1) is 0 Å². The molecule has 0 spiro atoms. The van der Waals surface area contributed by atoms with Gasteiger partial charge in [-0.3, -0.25) is 9.69 Å². The fourth-order valence-corrected chi connectivity index (χ4v) is 7.12. The Hall–Kier alpha value is -1.90. The first-order valence-electron chi connectivity index (χ1n) is 10.9. The number of aromatic nitrogens is 1. The summed E-state index contributed by atoms with van der Waals surface area (Å²) in [5.74, 6) is 0.957. The van der Waals surface area contributed by atoms with E-state index in [0.29, 0.717) is 5.56 Å². The lowest BCUT2D eigenvalue weighted by Gasteiger charge is -2.25. The lowest BCUT2D eigenvalue weighted by atomic mass is 10.0. The van der Waals surface area contributed by atoms with Crippen molar-refractivity contribution >= 4 is 68.0 Å².